The first-order chi connectivity index (χ1) is 1.41. The van der Waals surface area contributed by atoms with Crippen LogP contribution in [0, 0.1) is 0 Å². The minimum Gasteiger partial charge on any atom is 0 e. The predicted octanol–water partition coefficient (Wildman–Crippen LogP) is -0.398. The molecule has 0 aliphatic rings. The molecule has 0 aromatic carbocycles. The molecule has 24 valence electrons. The first-order valence-corrected chi connectivity index (χ1v) is 1.68. The van der Waals surface area contributed by atoms with Crippen LogP contribution < -0.4 is 0 Å². The van der Waals surface area contributed by atoms with Gasteiger partial charge in [-0.1, -0.05) is 0 Å². The molecule has 0 saturated carbocycles. The van der Waals surface area contributed by atoms with Crippen LogP contribution in [-0.4, -0.2) is 37.7 Å². The average molecular weight is 170 g/mol. The fourth-order valence-corrected chi connectivity index (χ4v) is 0. The van der Waals surface area contributed by atoms with E-state index in [0.29, 0.717) is 0 Å². The maximum Gasteiger partial charge on any atom is 0 e. The van der Waals surface area contributed by atoms with Crippen molar-refractivity contribution in [2.45, 2.75) is 0 Å². The van der Waals surface area contributed by atoms with Crippen LogP contribution in [0.2, 0.25) is 0 Å². The number of rotatable bonds is 0. The van der Waals surface area contributed by atoms with Crippen molar-refractivity contribution in [3.63, 3.8) is 0 Å². The summed E-state index contributed by atoms with van der Waals surface area (Å²) in [6.07, 6.45) is 0. The second kappa shape index (κ2) is 16.3. The van der Waals surface area contributed by atoms with Gasteiger partial charge in [-0.15, -0.1) is 0 Å². The molecule has 0 radical (unpaired) electrons. The van der Waals surface area contributed by atoms with Crippen molar-refractivity contribution >= 4 is 37.7 Å². The Balaban J connectivity index is -0.00000000333. The van der Waals surface area contributed by atoms with Gasteiger partial charge < -0.3 is 2.85 Å². The smallest absolute Gasteiger partial charge is 0 e. The zero-order chi connectivity index (χ0) is 2.71. The zero-order valence-corrected chi connectivity index (χ0v) is 7.86. The van der Waals surface area contributed by atoms with E-state index in [2.05, 4.69) is 0 Å². The molecule has 0 aliphatic carbocycles. The van der Waals surface area contributed by atoms with E-state index in [1.54, 1.807) is 0 Å². The summed E-state index contributed by atoms with van der Waals surface area (Å²) in [6, 6.07) is 0. The summed E-state index contributed by atoms with van der Waals surface area (Å²) in [5.74, 6) is 0. The molecule has 0 spiro atoms. The summed E-state index contributed by atoms with van der Waals surface area (Å²) in [4.78, 5) is 0. The SMILES string of the molecule is [Ca+2].[H-].[H-].[O]=[Ti]=[O].[Ti]. The Kier molecular flexibility index (Phi) is 51.0. The van der Waals surface area contributed by atoms with E-state index in [-0.39, 0.29) is 62.3 Å². The van der Waals surface area contributed by atoms with Gasteiger partial charge in [0, 0.05) is 21.7 Å². The van der Waals surface area contributed by atoms with Crippen molar-refractivity contribution in [3.05, 3.63) is 0 Å². The van der Waals surface area contributed by atoms with Gasteiger partial charge in [0.1, 0.15) is 0 Å². The molecule has 2 nitrogen and oxygen atoms in total. The van der Waals surface area contributed by atoms with Gasteiger partial charge in [-0.25, -0.2) is 0 Å². The van der Waals surface area contributed by atoms with E-state index in [4.69, 9.17) is 6.65 Å². The molecule has 0 saturated heterocycles. The molecule has 0 amide bonds. The summed E-state index contributed by atoms with van der Waals surface area (Å²) in [7, 11) is 0. The van der Waals surface area contributed by atoms with Crippen LogP contribution in [0.3, 0.4) is 0 Å². The van der Waals surface area contributed by atoms with Crippen LogP contribution in [0.25, 0.3) is 0 Å². The van der Waals surface area contributed by atoms with E-state index < -0.39 is 19.1 Å². The fourth-order valence-electron chi connectivity index (χ4n) is 0. The zero-order valence-electron chi connectivity index (χ0n) is 4.52. The van der Waals surface area contributed by atoms with Crippen molar-refractivity contribution in [2.75, 3.05) is 0 Å². The molecule has 0 aromatic rings. The van der Waals surface area contributed by atoms with E-state index >= 15 is 0 Å². The van der Waals surface area contributed by atoms with Crippen molar-refractivity contribution in [1.29, 1.82) is 0 Å². The summed E-state index contributed by atoms with van der Waals surface area (Å²) < 4.78 is 17.0. The van der Waals surface area contributed by atoms with Gasteiger partial charge in [0.15, 0.2) is 0 Å². The Bertz CT molecular complexity index is 34.7. The van der Waals surface area contributed by atoms with Crippen LogP contribution in [0.4, 0.5) is 0 Å². The fraction of sp³-hybridized carbons (Fsp3) is 0. The Morgan fingerprint density at radius 2 is 1.40 bits per heavy atom. The largest absolute Gasteiger partial charge is 0 e. The summed E-state index contributed by atoms with van der Waals surface area (Å²) in [6.45, 7) is 0. The monoisotopic (exact) mass is 170 g/mol. The third kappa shape index (κ3) is 22.1. The molecule has 0 aromatic heterocycles. The standard InChI is InChI=1S/Ca.2O.2Ti.2H/q+2;;;;;2*-1. The molecule has 0 rings (SSSR count). The second-order valence-corrected chi connectivity index (χ2v) is 0.344. The predicted molar refractivity (Wildman–Crippen MR) is 9.35 cm³/mol. The van der Waals surface area contributed by atoms with Crippen LogP contribution in [0.5, 0.6) is 0 Å². The van der Waals surface area contributed by atoms with Gasteiger partial charge >= 0.3 is 63.5 Å². The van der Waals surface area contributed by atoms with Gasteiger partial charge in [-0.2, -0.15) is 0 Å². The maximum absolute atomic E-state index is 8.50. The van der Waals surface area contributed by atoms with Crippen LogP contribution in [0.15, 0.2) is 0 Å². The summed E-state index contributed by atoms with van der Waals surface area (Å²) in [5.41, 5.74) is 0. The third-order valence-electron chi connectivity index (χ3n) is 0. The Hall–Kier alpha value is 2.29. The van der Waals surface area contributed by atoms with Crippen LogP contribution in [0.1, 0.15) is 2.85 Å². The van der Waals surface area contributed by atoms with Gasteiger partial charge in [0.25, 0.3) is 0 Å². The maximum atomic E-state index is 8.50. The van der Waals surface area contributed by atoms with Gasteiger partial charge in [0.05, 0.1) is 0 Å². The summed E-state index contributed by atoms with van der Waals surface area (Å²) in [5, 5.41) is 0. The summed E-state index contributed by atoms with van der Waals surface area (Å²) >= 11 is -2.00. The topological polar surface area (TPSA) is 34.1 Å². The molecular weight excluding hydrogens is 168 g/mol. The molecule has 0 heterocycles. The van der Waals surface area contributed by atoms with E-state index in [9.17, 15) is 0 Å². The van der Waals surface area contributed by atoms with Crippen LogP contribution in [-0.2, 0) is 47.5 Å². The molecule has 0 bridgehead atoms. The molecule has 5 heteroatoms. The van der Waals surface area contributed by atoms with Gasteiger partial charge in [0.2, 0.25) is 0 Å². The first kappa shape index (κ1) is 15.7. The number of hydrogen-bond donors (Lipinski definition) is 0. The minimum absolute atomic E-state index is 0. The molecule has 0 unspecified atom stereocenters. The van der Waals surface area contributed by atoms with Crippen molar-refractivity contribution in [1.82, 2.24) is 0 Å². The average Bonchev–Trinajstić information content (AvgIpc) is 0.918. The van der Waals surface area contributed by atoms with Gasteiger partial charge in [-0.05, 0) is 0 Å². The second-order valence-electron chi connectivity index (χ2n) is 0.0833. The van der Waals surface area contributed by atoms with E-state index in [1.165, 1.54) is 0 Å². The molecule has 0 N–H and O–H groups in total. The van der Waals surface area contributed by atoms with Crippen molar-refractivity contribution in [2.24, 2.45) is 0 Å². The Labute approximate surface area is 86.5 Å². The van der Waals surface area contributed by atoms with Gasteiger partial charge in [-0.3, -0.25) is 0 Å². The normalized spacial score (nSPS) is 1.60. The molecule has 0 fully saturated rings. The van der Waals surface area contributed by atoms with Crippen molar-refractivity contribution < 1.29 is 50.3 Å². The number of hydrogen-bond acceptors (Lipinski definition) is 2. The molecule has 0 atom stereocenters. The molecule has 5 heavy (non-hydrogen) atoms. The van der Waals surface area contributed by atoms with E-state index in [0.717, 1.165) is 0 Å². The first-order valence-electron chi connectivity index (χ1n) is 0.408. The minimum atomic E-state index is -2.00. The Morgan fingerprint density at radius 1 is 1.40 bits per heavy atom. The Morgan fingerprint density at radius 3 is 1.40 bits per heavy atom. The molecular formula is H2CaO2Ti2. The quantitative estimate of drug-likeness (QED) is 0.463. The van der Waals surface area contributed by atoms with Crippen LogP contribution >= 0.6 is 0 Å². The van der Waals surface area contributed by atoms with Crippen molar-refractivity contribution in [3.8, 4) is 0 Å². The van der Waals surface area contributed by atoms with E-state index in [1.807, 2.05) is 0 Å². The molecule has 0 aliphatic heterocycles. The third-order valence-corrected chi connectivity index (χ3v) is 0.